The third-order valence-electron chi connectivity index (χ3n) is 4.79. The molecule has 0 spiro atoms. The SMILES string of the molecule is CC(C)(C)NC(=O)CCNC(=O)C1CCCN(S(=O)(=O)c2cccc3nsnc23)C1. The molecule has 1 aromatic carbocycles. The number of piperidine rings is 1. The molecule has 164 valence electrons. The summed E-state index contributed by atoms with van der Waals surface area (Å²) in [4.78, 5) is 24.6. The molecule has 1 fully saturated rings. The third-order valence-corrected chi connectivity index (χ3v) is 7.23. The van der Waals surface area contributed by atoms with Gasteiger partial charge in [-0.3, -0.25) is 9.59 Å². The number of nitrogens with one attached hydrogen (secondary N) is 2. The number of carbonyl (C=O) groups excluding carboxylic acids is 2. The standard InChI is InChI=1S/C19H27N5O4S2/c1-19(2,3)21-16(25)9-10-20-18(26)13-6-5-11-24(12-13)30(27,28)15-8-4-7-14-17(15)23-29-22-14/h4,7-8,13H,5-6,9-12H2,1-3H3,(H,20,26)(H,21,25). The summed E-state index contributed by atoms with van der Waals surface area (Å²) in [7, 11) is -3.79. The maximum absolute atomic E-state index is 13.2. The van der Waals surface area contributed by atoms with Crippen LogP contribution >= 0.6 is 11.7 Å². The lowest BCUT2D eigenvalue weighted by molar-refractivity contribution is -0.126. The molecule has 1 saturated heterocycles. The Kier molecular flexibility index (Phi) is 6.73. The van der Waals surface area contributed by atoms with E-state index in [4.69, 9.17) is 0 Å². The van der Waals surface area contributed by atoms with E-state index in [2.05, 4.69) is 19.4 Å². The number of sulfonamides is 1. The molecule has 0 radical (unpaired) electrons. The van der Waals surface area contributed by atoms with Crippen LogP contribution in [-0.2, 0) is 19.6 Å². The highest BCUT2D eigenvalue weighted by Crippen LogP contribution is 2.28. The van der Waals surface area contributed by atoms with E-state index in [-0.39, 0.29) is 41.8 Å². The fourth-order valence-corrected chi connectivity index (χ4v) is 5.70. The van der Waals surface area contributed by atoms with Gasteiger partial charge in [-0.05, 0) is 45.7 Å². The molecule has 0 bridgehead atoms. The van der Waals surface area contributed by atoms with E-state index in [9.17, 15) is 18.0 Å². The summed E-state index contributed by atoms with van der Waals surface area (Å²) in [5.74, 6) is -0.820. The van der Waals surface area contributed by atoms with Crippen molar-refractivity contribution >= 4 is 44.6 Å². The number of hydrogen-bond acceptors (Lipinski definition) is 7. The average Bonchev–Trinajstić information content (AvgIpc) is 3.15. The highest BCUT2D eigenvalue weighted by atomic mass is 32.2. The number of carbonyl (C=O) groups is 2. The smallest absolute Gasteiger partial charge is 0.245 e. The summed E-state index contributed by atoms with van der Waals surface area (Å²) < 4.78 is 35.9. The average molecular weight is 454 g/mol. The molecule has 1 aromatic heterocycles. The Morgan fingerprint density at radius 2 is 2.03 bits per heavy atom. The van der Waals surface area contributed by atoms with E-state index in [0.29, 0.717) is 30.4 Å². The summed E-state index contributed by atoms with van der Waals surface area (Å²) in [6, 6.07) is 4.89. The van der Waals surface area contributed by atoms with E-state index in [1.165, 1.54) is 10.4 Å². The maximum atomic E-state index is 13.2. The second-order valence-corrected chi connectivity index (χ2v) is 10.9. The number of amides is 2. The number of nitrogens with zero attached hydrogens (tertiary/aromatic N) is 3. The highest BCUT2D eigenvalue weighted by Gasteiger charge is 2.34. The van der Waals surface area contributed by atoms with E-state index in [1.54, 1.807) is 12.1 Å². The first-order valence-corrected chi connectivity index (χ1v) is 12.0. The Bertz CT molecular complexity index is 1030. The molecule has 1 aliphatic rings. The van der Waals surface area contributed by atoms with Gasteiger partial charge in [-0.1, -0.05) is 6.07 Å². The molecule has 3 rings (SSSR count). The predicted octanol–water partition coefficient (Wildman–Crippen LogP) is 1.51. The fraction of sp³-hybridized carbons (Fsp3) is 0.579. The highest BCUT2D eigenvalue weighted by molar-refractivity contribution is 7.89. The fourth-order valence-electron chi connectivity index (χ4n) is 3.43. The molecular formula is C19H27N5O4S2. The van der Waals surface area contributed by atoms with Crippen LogP contribution in [0.5, 0.6) is 0 Å². The van der Waals surface area contributed by atoms with Gasteiger partial charge in [0.15, 0.2) is 0 Å². The zero-order valence-electron chi connectivity index (χ0n) is 17.3. The zero-order chi connectivity index (χ0) is 21.9. The molecule has 0 saturated carbocycles. The lowest BCUT2D eigenvalue weighted by atomic mass is 9.99. The first-order valence-electron chi connectivity index (χ1n) is 9.88. The van der Waals surface area contributed by atoms with Crippen molar-refractivity contribution < 1.29 is 18.0 Å². The van der Waals surface area contributed by atoms with Crippen LogP contribution in [0.1, 0.15) is 40.0 Å². The first kappa shape index (κ1) is 22.6. The summed E-state index contributed by atoms with van der Waals surface area (Å²) >= 11 is 0.970. The van der Waals surface area contributed by atoms with Crippen LogP contribution in [0, 0.1) is 5.92 Å². The Hall–Kier alpha value is -2.11. The van der Waals surface area contributed by atoms with Gasteiger partial charge in [0.05, 0.1) is 17.6 Å². The second kappa shape index (κ2) is 8.94. The van der Waals surface area contributed by atoms with Crippen LogP contribution in [0.3, 0.4) is 0 Å². The molecule has 1 atom stereocenters. The summed E-state index contributed by atoms with van der Waals surface area (Å²) in [6.45, 7) is 6.35. The maximum Gasteiger partial charge on any atom is 0.245 e. The molecule has 2 amide bonds. The van der Waals surface area contributed by atoms with Crippen molar-refractivity contribution in [2.24, 2.45) is 5.92 Å². The van der Waals surface area contributed by atoms with Crippen LogP contribution in [0.2, 0.25) is 0 Å². The van der Waals surface area contributed by atoms with Gasteiger partial charge >= 0.3 is 0 Å². The largest absolute Gasteiger partial charge is 0.355 e. The van der Waals surface area contributed by atoms with Crippen LogP contribution in [0.4, 0.5) is 0 Å². The normalized spacial score (nSPS) is 18.3. The third kappa shape index (κ3) is 5.32. The molecule has 30 heavy (non-hydrogen) atoms. The molecule has 1 aliphatic heterocycles. The predicted molar refractivity (Wildman–Crippen MR) is 114 cm³/mol. The van der Waals surface area contributed by atoms with E-state index >= 15 is 0 Å². The minimum Gasteiger partial charge on any atom is -0.355 e. The quantitative estimate of drug-likeness (QED) is 0.684. The van der Waals surface area contributed by atoms with E-state index in [1.807, 2.05) is 20.8 Å². The monoisotopic (exact) mass is 453 g/mol. The molecule has 1 unspecified atom stereocenters. The van der Waals surface area contributed by atoms with Gasteiger partial charge in [0.1, 0.15) is 15.9 Å². The Morgan fingerprint density at radius 1 is 1.27 bits per heavy atom. The van der Waals surface area contributed by atoms with E-state index in [0.717, 1.165) is 11.7 Å². The number of aromatic nitrogens is 2. The molecule has 0 aliphatic carbocycles. The van der Waals surface area contributed by atoms with Gasteiger partial charge in [-0.25, -0.2) is 8.42 Å². The molecule has 2 heterocycles. The summed E-state index contributed by atoms with van der Waals surface area (Å²) in [5, 5.41) is 5.61. The topological polar surface area (TPSA) is 121 Å². The second-order valence-electron chi connectivity index (χ2n) is 8.43. The zero-order valence-corrected chi connectivity index (χ0v) is 19.0. The van der Waals surface area contributed by atoms with Gasteiger partial charge in [0.2, 0.25) is 21.8 Å². The van der Waals surface area contributed by atoms with Crippen molar-refractivity contribution in [3.8, 4) is 0 Å². The Morgan fingerprint density at radius 3 is 2.77 bits per heavy atom. The lowest BCUT2D eigenvalue weighted by Gasteiger charge is -2.31. The van der Waals surface area contributed by atoms with Crippen LogP contribution in [0.15, 0.2) is 23.1 Å². The summed E-state index contributed by atoms with van der Waals surface area (Å²) in [6.07, 6.45) is 1.37. The number of hydrogen-bond donors (Lipinski definition) is 2. The molecule has 2 N–H and O–H groups in total. The first-order chi connectivity index (χ1) is 14.1. The van der Waals surface area contributed by atoms with Gasteiger partial charge in [-0.2, -0.15) is 13.1 Å². The minimum absolute atomic E-state index is 0.107. The van der Waals surface area contributed by atoms with Gasteiger partial charge in [0, 0.05) is 31.6 Å². The number of benzene rings is 1. The lowest BCUT2D eigenvalue weighted by Crippen LogP contribution is -2.46. The van der Waals surface area contributed by atoms with Gasteiger partial charge in [-0.15, -0.1) is 0 Å². The molecule has 2 aromatic rings. The van der Waals surface area contributed by atoms with Gasteiger partial charge in [0.25, 0.3) is 0 Å². The Balaban J connectivity index is 1.61. The molecule has 9 nitrogen and oxygen atoms in total. The molecule has 11 heteroatoms. The van der Waals surface area contributed by atoms with Crippen molar-refractivity contribution in [2.75, 3.05) is 19.6 Å². The number of rotatable bonds is 6. The van der Waals surface area contributed by atoms with Crippen molar-refractivity contribution in [3.05, 3.63) is 18.2 Å². The molecular weight excluding hydrogens is 426 g/mol. The van der Waals surface area contributed by atoms with Gasteiger partial charge < -0.3 is 10.6 Å². The van der Waals surface area contributed by atoms with Crippen molar-refractivity contribution in [1.82, 2.24) is 23.7 Å². The van der Waals surface area contributed by atoms with E-state index < -0.39 is 15.9 Å². The summed E-state index contributed by atoms with van der Waals surface area (Å²) in [5.41, 5.74) is 0.578. The van der Waals surface area contributed by atoms with Crippen LogP contribution in [0.25, 0.3) is 11.0 Å². The number of fused-ring (bicyclic) bond motifs is 1. The van der Waals surface area contributed by atoms with Crippen molar-refractivity contribution in [1.29, 1.82) is 0 Å². The minimum atomic E-state index is -3.79. The van der Waals surface area contributed by atoms with Crippen LogP contribution < -0.4 is 10.6 Å². The van der Waals surface area contributed by atoms with Crippen molar-refractivity contribution in [3.63, 3.8) is 0 Å². The Labute approximate surface area is 180 Å². The van der Waals surface area contributed by atoms with Crippen LogP contribution in [-0.4, -0.2) is 58.5 Å². The van der Waals surface area contributed by atoms with Crippen molar-refractivity contribution in [2.45, 2.75) is 50.5 Å².